The highest BCUT2D eigenvalue weighted by molar-refractivity contribution is 5.92. The fraction of sp³-hybridized carbons (Fsp3) is 0.333. The summed E-state index contributed by atoms with van der Waals surface area (Å²) < 4.78 is 5.67. The molecule has 0 N–H and O–H groups in total. The van der Waals surface area contributed by atoms with Gasteiger partial charge in [0.05, 0.1) is 6.61 Å². The fourth-order valence-electron chi connectivity index (χ4n) is 2.01. The highest BCUT2D eigenvalue weighted by Crippen LogP contribution is 2.30. The minimum Gasteiger partial charge on any atom is -0.493 e. The third-order valence-corrected chi connectivity index (χ3v) is 3.11. The van der Waals surface area contributed by atoms with Crippen LogP contribution in [0, 0.1) is 20.8 Å². The molecule has 0 amide bonds. The molecule has 0 aliphatic carbocycles. The number of ether oxygens (including phenoxy) is 1. The molecule has 16 heavy (non-hydrogen) atoms. The second-order valence-electron chi connectivity index (χ2n) is 4.30. The van der Waals surface area contributed by atoms with Gasteiger partial charge in [-0.15, -0.1) is 0 Å². The lowest BCUT2D eigenvalue weighted by Crippen LogP contribution is -1.94. The van der Waals surface area contributed by atoms with Crippen LogP contribution in [-0.2, 0) is 0 Å². The summed E-state index contributed by atoms with van der Waals surface area (Å²) in [6.07, 6.45) is 0. The lowest BCUT2D eigenvalue weighted by Gasteiger charge is -2.11. The highest BCUT2D eigenvalue weighted by Gasteiger charge is 2.06. The van der Waals surface area contributed by atoms with Gasteiger partial charge in [0.25, 0.3) is 0 Å². The molecule has 84 valence electrons. The summed E-state index contributed by atoms with van der Waals surface area (Å²) in [5, 5.41) is 2.53. The van der Waals surface area contributed by atoms with Gasteiger partial charge in [-0.3, -0.25) is 0 Å². The number of hydrogen-bond acceptors (Lipinski definition) is 1. The van der Waals surface area contributed by atoms with Crippen molar-refractivity contribution in [2.75, 3.05) is 6.61 Å². The van der Waals surface area contributed by atoms with Gasteiger partial charge >= 0.3 is 0 Å². The average Bonchev–Trinajstić information content (AvgIpc) is 2.25. The minimum absolute atomic E-state index is 0.713. The Balaban J connectivity index is 2.76. The van der Waals surface area contributed by atoms with Crippen molar-refractivity contribution in [1.29, 1.82) is 0 Å². The number of hydrogen-bond donors (Lipinski definition) is 0. The molecule has 1 nitrogen and oxygen atoms in total. The van der Waals surface area contributed by atoms with Crippen molar-refractivity contribution in [2.24, 2.45) is 0 Å². The quantitative estimate of drug-likeness (QED) is 0.729. The molecule has 1 heteroatoms. The van der Waals surface area contributed by atoms with Gasteiger partial charge in [-0.1, -0.05) is 12.1 Å². The summed E-state index contributed by atoms with van der Waals surface area (Å²) in [4.78, 5) is 0. The Morgan fingerprint density at radius 1 is 0.875 bits per heavy atom. The molecule has 0 fully saturated rings. The molecule has 0 bridgehead atoms. The molecular weight excluding hydrogens is 196 g/mol. The van der Waals surface area contributed by atoms with E-state index >= 15 is 0 Å². The van der Waals surface area contributed by atoms with Gasteiger partial charge in [-0.2, -0.15) is 0 Å². The predicted molar refractivity (Wildman–Crippen MR) is 69.3 cm³/mol. The second kappa shape index (κ2) is 4.17. The van der Waals surface area contributed by atoms with Gasteiger partial charge in [0.1, 0.15) is 5.75 Å². The van der Waals surface area contributed by atoms with Crippen LogP contribution in [0.1, 0.15) is 23.6 Å². The van der Waals surface area contributed by atoms with Crippen LogP contribution in [0.3, 0.4) is 0 Å². The maximum Gasteiger partial charge on any atom is 0.127 e. The number of fused-ring (bicyclic) bond motifs is 1. The molecule has 0 aliphatic rings. The van der Waals surface area contributed by atoms with E-state index in [0.29, 0.717) is 6.61 Å². The molecule has 2 aromatic rings. The largest absolute Gasteiger partial charge is 0.493 e. The fourth-order valence-corrected chi connectivity index (χ4v) is 2.01. The van der Waals surface area contributed by atoms with Crippen LogP contribution in [0.5, 0.6) is 5.75 Å². The van der Waals surface area contributed by atoms with E-state index in [9.17, 15) is 0 Å². The Morgan fingerprint density at radius 3 is 2.12 bits per heavy atom. The molecule has 0 heterocycles. The predicted octanol–water partition coefficient (Wildman–Crippen LogP) is 4.16. The molecule has 0 saturated carbocycles. The number of rotatable bonds is 2. The van der Waals surface area contributed by atoms with Gasteiger partial charge < -0.3 is 4.74 Å². The number of aryl methyl sites for hydroxylation is 3. The maximum absolute atomic E-state index is 5.67. The van der Waals surface area contributed by atoms with Crippen molar-refractivity contribution in [3.8, 4) is 5.75 Å². The van der Waals surface area contributed by atoms with Crippen LogP contribution in [-0.4, -0.2) is 6.61 Å². The molecule has 2 rings (SSSR count). The van der Waals surface area contributed by atoms with Crippen LogP contribution < -0.4 is 4.74 Å². The van der Waals surface area contributed by atoms with Crippen LogP contribution in [0.25, 0.3) is 10.8 Å². The van der Waals surface area contributed by atoms with Crippen molar-refractivity contribution < 1.29 is 4.74 Å². The highest BCUT2D eigenvalue weighted by atomic mass is 16.5. The Hall–Kier alpha value is -1.50. The molecule has 2 aromatic carbocycles. The SMILES string of the molecule is CCOc1ccc(C)c2cc(C)c(C)cc12. The van der Waals surface area contributed by atoms with Crippen LogP contribution in [0.2, 0.25) is 0 Å². The second-order valence-corrected chi connectivity index (χ2v) is 4.30. The van der Waals surface area contributed by atoms with E-state index < -0.39 is 0 Å². The van der Waals surface area contributed by atoms with Crippen LogP contribution in [0.4, 0.5) is 0 Å². The molecule has 0 aliphatic heterocycles. The summed E-state index contributed by atoms with van der Waals surface area (Å²) in [7, 11) is 0. The lowest BCUT2D eigenvalue weighted by molar-refractivity contribution is 0.344. The minimum atomic E-state index is 0.713. The Bertz CT molecular complexity index is 526. The summed E-state index contributed by atoms with van der Waals surface area (Å²) in [5.41, 5.74) is 3.96. The van der Waals surface area contributed by atoms with E-state index in [1.54, 1.807) is 0 Å². The topological polar surface area (TPSA) is 9.23 Å². The van der Waals surface area contributed by atoms with Crippen molar-refractivity contribution in [3.63, 3.8) is 0 Å². The summed E-state index contributed by atoms with van der Waals surface area (Å²) in [5.74, 6) is 0.992. The zero-order chi connectivity index (χ0) is 11.7. The van der Waals surface area contributed by atoms with E-state index in [1.165, 1.54) is 27.5 Å². The van der Waals surface area contributed by atoms with Gasteiger partial charge in [-0.05, 0) is 61.9 Å². The molecule has 0 saturated heterocycles. The van der Waals surface area contributed by atoms with Gasteiger partial charge in [0, 0.05) is 5.39 Å². The smallest absolute Gasteiger partial charge is 0.127 e. The van der Waals surface area contributed by atoms with Crippen molar-refractivity contribution >= 4 is 10.8 Å². The average molecular weight is 214 g/mol. The third kappa shape index (κ3) is 1.78. The summed E-state index contributed by atoms with van der Waals surface area (Å²) >= 11 is 0. The summed E-state index contributed by atoms with van der Waals surface area (Å²) in [6, 6.07) is 8.67. The molecule has 0 radical (unpaired) electrons. The van der Waals surface area contributed by atoms with Crippen LogP contribution in [0.15, 0.2) is 24.3 Å². The van der Waals surface area contributed by atoms with E-state index in [1.807, 2.05) is 6.92 Å². The molecule has 0 aromatic heterocycles. The molecule has 0 spiro atoms. The summed E-state index contributed by atoms with van der Waals surface area (Å²) in [6.45, 7) is 9.18. The first-order valence-corrected chi connectivity index (χ1v) is 5.77. The lowest BCUT2D eigenvalue weighted by atomic mass is 9.99. The van der Waals surface area contributed by atoms with Gasteiger partial charge in [-0.25, -0.2) is 0 Å². The van der Waals surface area contributed by atoms with E-state index in [2.05, 4.69) is 45.0 Å². The Labute approximate surface area is 97.1 Å². The normalized spacial score (nSPS) is 10.8. The van der Waals surface area contributed by atoms with E-state index in [-0.39, 0.29) is 0 Å². The first-order chi connectivity index (χ1) is 7.63. The molecule has 0 atom stereocenters. The van der Waals surface area contributed by atoms with Crippen molar-refractivity contribution in [1.82, 2.24) is 0 Å². The van der Waals surface area contributed by atoms with E-state index in [0.717, 1.165) is 5.75 Å². The first-order valence-electron chi connectivity index (χ1n) is 5.77. The van der Waals surface area contributed by atoms with Crippen LogP contribution >= 0.6 is 0 Å². The standard InChI is InChI=1S/C15H18O/c1-5-16-15-7-6-10(2)13-8-11(3)12(4)9-14(13)15/h6-9H,5H2,1-4H3. The molecule has 0 unspecified atom stereocenters. The Kier molecular flexibility index (Phi) is 2.86. The van der Waals surface area contributed by atoms with Crippen molar-refractivity contribution in [3.05, 3.63) is 41.0 Å². The van der Waals surface area contributed by atoms with Gasteiger partial charge in [0.2, 0.25) is 0 Å². The zero-order valence-corrected chi connectivity index (χ0v) is 10.4. The monoisotopic (exact) mass is 214 g/mol. The van der Waals surface area contributed by atoms with Crippen molar-refractivity contribution in [2.45, 2.75) is 27.7 Å². The Morgan fingerprint density at radius 2 is 1.50 bits per heavy atom. The molecular formula is C15H18O. The number of benzene rings is 2. The van der Waals surface area contributed by atoms with Gasteiger partial charge in [0.15, 0.2) is 0 Å². The third-order valence-electron chi connectivity index (χ3n) is 3.11. The maximum atomic E-state index is 5.67. The zero-order valence-electron chi connectivity index (χ0n) is 10.4. The van der Waals surface area contributed by atoms with E-state index in [4.69, 9.17) is 4.74 Å². The first kappa shape index (κ1) is 11.0.